The first-order chi connectivity index (χ1) is 5.88. The summed E-state index contributed by atoms with van der Waals surface area (Å²) in [5, 5.41) is 3.54. The maximum atomic E-state index is 3.54. The highest BCUT2D eigenvalue weighted by Gasteiger charge is 2.15. The highest BCUT2D eigenvalue weighted by atomic mass is 35.5. The minimum Gasteiger partial charge on any atom is -0.353 e. The monoisotopic (exact) mass is 200 g/mol. The molecule has 1 aliphatic rings. The molecule has 1 atom stereocenters. The number of aryl methyl sites for hydroxylation is 1. The molecule has 3 heteroatoms. The van der Waals surface area contributed by atoms with Crippen molar-refractivity contribution < 1.29 is 0 Å². The summed E-state index contributed by atoms with van der Waals surface area (Å²) in [6, 6.07) is 4.92. The summed E-state index contributed by atoms with van der Waals surface area (Å²) < 4.78 is 2.21. The summed E-state index contributed by atoms with van der Waals surface area (Å²) in [6.07, 6.45) is 6.10. The lowest BCUT2D eigenvalue weighted by molar-refractivity contribution is 0.398. The molecular formula is C10H17ClN2. The maximum absolute atomic E-state index is 3.54. The number of rotatable bonds is 1. The Labute approximate surface area is 85.7 Å². The molecule has 1 fully saturated rings. The lowest BCUT2D eigenvalue weighted by Gasteiger charge is -2.23. The Morgan fingerprint density at radius 1 is 1.46 bits per heavy atom. The lowest BCUT2D eigenvalue weighted by Crippen LogP contribution is -2.28. The van der Waals surface area contributed by atoms with Crippen LogP contribution in [0.4, 0.5) is 0 Å². The van der Waals surface area contributed by atoms with Crippen LogP contribution in [-0.4, -0.2) is 11.1 Å². The molecule has 0 aliphatic carbocycles. The summed E-state index contributed by atoms with van der Waals surface area (Å²) in [4.78, 5) is 0. The van der Waals surface area contributed by atoms with Crippen molar-refractivity contribution >= 4 is 12.4 Å². The van der Waals surface area contributed by atoms with E-state index in [1.807, 2.05) is 0 Å². The number of hydrogen-bond donors (Lipinski definition) is 1. The van der Waals surface area contributed by atoms with Crippen molar-refractivity contribution in [1.82, 2.24) is 9.88 Å². The molecule has 1 saturated heterocycles. The molecule has 2 heterocycles. The zero-order chi connectivity index (χ0) is 8.39. The van der Waals surface area contributed by atoms with Gasteiger partial charge in [0.05, 0.1) is 0 Å². The van der Waals surface area contributed by atoms with Gasteiger partial charge in [-0.25, -0.2) is 0 Å². The average molecular weight is 201 g/mol. The fourth-order valence-corrected chi connectivity index (χ4v) is 1.94. The molecule has 0 radical (unpaired) electrons. The van der Waals surface area contributed by atoms with Gasteiger partial charge in [0.25, 0.3) is 0 Å². The van der Waals surface area contributed by atoms with Crippen molar-refractivity contribution in [2.45, 2.75) is 25.3 Å². The fourth-order valence-electron chi connectivity index (χ4n) is 1.94. The molecule has 0 bridgehead atoms. The summed E-state index contributed by atoms with van der Waals surface area (Å²) >= 11 is 0. The Bertz CT molecular complexity index is 251. The van der Waals surface area contributed by atoms with Gasteiger partial charge >= 0.3 is 0 Å². The van der Waals surface area contributed by atoms with E-state index in [2.05, 4.69) is 35.3 Å². The van der Waals surface area contributed by atoms with Crippen molar-refractivity contribution in [3.63, 3.8) is 0 Å². The molecule has 2 nitrogen and oxygen atoms in total. The number of halogens is 1. The van der Waals surface area contributed by atoms with E-state index in [0.717, 1.165) is 0 Å². The van der Waals surface area contributed by atoms with Gasteiger partial charge in [0.2, 0.25) is 0 Å². The van der Waals surface area contributed by atoms with E-state index in [9.17, 15) is 0 Å². The highest BCUT2D eigenvalue weighted by Crippen LogP contribution is 2.22. The van der Waals surface area contributed by atoms with Gasteiger partial charge in [0.1, 0.15) is 0 Å². The van der Waals surface area contributed by atoms with E-state index < -0.39 is 0 Å². The van der Waals surface area contributed by atoms with Crippen molar-refractivity contribution in [3.8, 4) is 0 Å². The van der Waals surface area contributed by atoms with Crippen LogP contribution >= 0.6 is 12.4 Å². The van der Waals surface area contributed by atoms with Gasteiger partial charge < -0.3 is 9.88 Å². The SMILES string of the molecule is Cl.Cn1cccc1[C@H]1CCCCN1. The molecule has 1 aliphatic heterocycles. The van der Waals surface area contributed by atoms with Gasteiger partial charge in [-0.15, -0.1) is 12.4 Å². The summed E-state index contributed by atoms with van der Waals surface area (Å²) in [6.45, 7) is 1.18. The van der Waals surface area contributed by atoms with Crippen LogP contribution in [0.25, 0.3) is 0 Å². The average Bonchev–Trinajstić information content (AvgIpc) is 2.53. The van der Waals surface area contributed by atoms with Gasteiger partial charge in [-0.2, -0.15) is 0 Å². The lowest BCUT2D eigenvalue weighted by atomic mass is 10.0. The first kappa shape index (κ1) is 10.6. The minimum atomic E-state index is 0. The molecule has 1 N–H and O–H groups in total. The Kier molecular flexibility index (Phi) is 3.82. The van der Waals surface area contributed by atoms with Crippen LogP contribution in [0.1, 0.15) is 31.0 Å². The summed E-state index contributed by atoms with van der Waals surface area (Å²) in [7, 11) is 2.12. The molecule has 1 aromatic heterocycles. The zero-order valence-corrected chi connectivity index (χ0v) is 8.81. The van der Waals surface area contributed by atoms with Crippen LogP contribution in [0.5, 0.6) is 0 Å². The largest absolute Gasteiger partial charge is 0.353 e. The normalized spacial score (nSPS) is 22.4. The zero-order valence-electron chi connectivity index (χ0n) is 7.99. The van der Waals surface area contributed by atoms with Crippen molar-refractivity contribution in [3.05, 3.63) is 24.0 Å². The van der Waals surface area contributed by atoms with Crippen LogP contribution in [0.3, 0.4) is 0 Å². The second-order valence-corrected chi connectivity index (χ2v) is 3.55. The number of nitrogens with one attached hydrogen (secondary N) is 1. The predicted octanol–water partition coefficient (Wildman–Crippen LogP) is 2.26. The van der Waals surface area contributed by atoms with E-state index >= 15 is 0 Å². The first-order valence-electron chi connectivity index (χ1n) is 4.72. The summed E-state index contributed by atoms with van der Waals surface area (Å²) in [5.74, 6) is 0. The van der Waals surface area contributed by atoms with Crippen LogP contribution in [-0.2, 0) is 7.05 Å². The van der Waals surface area contributed by atoms with Crippen molar-refractivity contribution in [2.24, 2.45) is 7.05 Å². The molecule has 2 rings (SSSR count). The fraction of sp³-hybridized carbons (Fsp3) is 0.600. The quantitative estimate of drug-likeness (QED) is 0.736. The Hall–Kier alpha value is -0.470. The smallest absolute Gasteiger partial charge is 0.0474 e. The molecule has 13 heavy (non-hydrogen) atoms. The van der Waals surface area contributed by atoms with Gasteiger partial charge in [0, 0.05) is 25.0 Å². The molecule has 0 spiro atoms. The van der Waals surface area contributed by atoms with E-state index in [4.69, 9.17) is 0 Å². The van der Waals surface area contributed by atoms with Gasteiger partial charge in [-0.05, 0) is 31.5 Å². The first-order valence-corrected chi connectivity index (χ1v) is 4.72. The molecule has 0 aromatic carbocycles. The number of aromatic nitrogens is 1. The highest BCUT2D eigenvalue weighted by molar-refractivity contribution is 5.85. The van der Waals surface area contributed by atoms with Crippen molar-refractivity contribution in [2.75, 3.05) is 6.54 Å². The van der Waals surface area contributed by atoms with Gasteiger partial charge in [0.15, 0.2) is 0 Å². The molecule has 1 aromatic rings. The molecule has 0 amide bonds. The van der Waals surface area contributed by atoms with Crippen LogP contribution < -0.4 is 5.32 Å². The van der Waals surface area contributed by atoms with Crippen LogP contribution in [0.2, 0.25) is 0 Å². The Balaban J connectivity index is 0.000000845. The van der Waals surface area contributed by atoms with E-state index in [0.29, 0.717) is 6.04 Å². The molecule has 0 saturated carbocycles. The minimum absolute atomic E-state index is 0. The van der Waals surface area contributed by atoms with Gasteiger partial charge in [-0.1, -0.05) is 6.42 Å². The number of piperidine rings is 1. The molecule has 74 valence electrons. The van der Waals surface area contributed by atoms with E-state index in [1.54, 1.807) is 0 Å². The third kappa shape index (κ3) is 2.26. The third-order valence-electron chi connectivity index (χ3n) is 2.65. The molecular weight excluding hydrogens is 184 g/mol. The summed E-state index contributed by atoms with van der Waals surface area (Å²) in [5.41, 5.74) is 1.43. The van der Waals surface area contributed by atoms with Crippen LogP contribution in [0, 0.1) is 0 Å². The Morgan fingerprint density at radius 3 is 2.85 bits per heavy atom. The van der Waals surface area contributed by atoms with Crippen molar-refractivity contribution in [1.29, 1.82) is 0 Å². The predicted molar refractivity (Wildman–Crippen MR) is 57.3 cm³/mol. The second kappa shape index (κ2) is 4.68. The number of nitrogens with zero attached hydrogens (tertiary/aromatic N) is 1. The number of hydrogen-bond acceptors (Lipinski definition) is 1. The second-order valence-electron chi connectivity index (χ2n) is 3.55. The van der Waals surface area contributed by atoms with Crippen LogP contribution in [0.15, 0.2) is 18.3 Å². The standard InChI is InChI=1S/C10H16N2.ClH/c1-12-8-4-6-10(12)9-5-2-3-7-11-9;/h4,6,8-9,11H,2-3,5,7H2,1H3;1H/t9-;/m1./s1. The maximum Gasteiger partial charge on any atom is 0.0474 e. The van der Waals surface area contributed by atoms with E-state index in [-0.39, 0.29) is 12.4 Å². The third-order valence-corrected chi connectivity index (χ3v) is 2.65. The Morgan fingerprint density at radius 2 is 2.31 bits per heavy atom. The van der Waals surface area contributed by atoms with E-state index in [1.165, 1.54) is 31.5 Å². The molecule has 0 unspecified atom stereocenters. The topological polar surface area (TPSA) is 17.0 Å². The van der Waals surface area contributed by atoms with Gasteiger partial charge in [-0.3, -0.25) is 0 Å².